The summed E-state index contributed by atoms with van der Waals surface area (Å²) in [7, 11) is 1.58. The van der Waals surface area contributed by atoms with E-state index in [1.807, 2.05) is 19.9 Å². The zero-order valence-electron chi connectivity index (χ0n) is 11.4. The minimum Gasteiger partial charge on any atom is -0.495 e. The van der Waals surface area contributed by atoms with Gasteiger partial charge >= 0.3 is 0 Å². The zero-order valence-corrected chi connectivity index (χ0v) is 11.4. The number of methoxy groups -OCH3 is 1. The number of nitrogens with one attached hydrogen (secondary N) is 1. The number of rotatable bonds is 3. The number of nitrogens with zero attached hydrogens (tertiary/aromatic N) is 1. The van der Waals surface area contributed by atoms with Gasteiger partial charge in [0.2, 0.25) is 0 Å². The zero-order chi connectivity index (χ0) is 13.9. The molecule has 1 saturated heterocycles. The highest BCUT2D eigenvalue weighted by Crippen LogP contribution is 2.27. The van der Waals surface area contributed by atoms with Gasteiger partial charge in [-0.05, 0) is 26.0 Å². The molecule has 0 aliphatic carbocycles. The van der Waals surface area contributed by atoms with Crippen LogP contribution in [0.2, 0.25) is 0 Å². The maximum atomic E-state index is 8.86. The van der Waals surface area contributed by atoms with Crippen LogP contribution in [-0.2, 0) is 9.47 Å². The smallest absolute Gasteiger partial charge is 0.162 e. The third kappa shape index (κ3) is 3.37. The van der Waals surface area contributed by atoms with E-state index in [9.17, 15) is 0 Å². The van der Waals surface area contributed by atoms with Crippen LogP contribution in [-0.4, -0.2) is 32.2 Å². The van der Waals surface area contributed by atoms with Crippen molar-refractivity contribution in [2.45, 2.75) is 25.7 Å². The van der Waals surface area contributed by atoms with Crippen molar-refractivity contribution in [1.82, 2.24) is 0 Å². The third-order valence-corrected chi connectivity index (χ3v) is 2.95. The normalized spacial score (nSPS) is 18.6. The van der Waals surface area contributed by atoms with Crippen molar-refractivity contribution in [2.24, 2.45) is 0 Å². The van der Waals surface area contributed by atoms with Gasteiger partial charge in [-0.3, -0.25) is 0 Å². The Hall–Kier alpha value is -1.77. The standard InChI is InChI=1S/C14H18N2O3/c1-14(2)18-8-11(9-19-14)16-12-5-4-10(7-15)6-13(12)17-3/h4-6,11,16H,8-9H2,1-3H3. The molecule has 0 amide bonds. The Kier molecular flexibility index (Phi) is 3.93. The second-order valence-corrected chi connectivity index (χ2v) is 4.89. The Morgan fingerprint density at radius 2 is 2.05 bits per heavy atom. The molecule has 0 unspecified atom stereocenters. The van der Waals surface area contributed by atoms with Crippen LogP contribution < -0.4 is 10.1 Å². The quantitative estimate of drug-likeness (QED) is 0.904. The molecule has 1 heterocycles. The SMILES string of the molecule is COc1cc(C#N)ccc1NC1COC(C)(C)OC1. The molecule has 0 spiro atoms. The van der Waals surface area contributed by atoms with Gasteiger partial charge in [0.1, 0.15) is 5.75 Å². The Labute approximate surface area is 113 Å². The van der Waals surface area contributed by atoms with E-state index in [2.05, 4.69) is 11.4 Å². The Morgan fingerprint density at radius 1 is 1.37 bits per heavy atom. The summed E-state index contributed by atoms with van der Waals surface area (Å²) in [5, 5.41) is 12.2. The van der Waals surface area contributed by atoms with Crippen molar-refractivity contribution in [3.05, 3.63) is 23.8 Å². The molecule has 1 N–H and O–H groups in total. The minimum atomic E-state index is -0.521. The molecule has 5 heteroatoms. The van der Waals surface area contributed by atoms with Crippen LogP contribution in [0.4, 0.5) is 5.69 Å². The largest absolute Gasteiger partial charge is 0.495 e. The molecule has 102 valence electrons. The lowest BCUT2D eigenvalue weighted by molar-refractivity contribution is -0.247. The molecule has 0 radical (unpaired) electrons. The molecule has 2 rings (SSSR count). The summed E-state index contributed by atoms with van der Waals surface area (Å²) in [6.45, 7) is 4.92. The molecular formula is C14H18N2O3. The van der Waals surface area contributed by atoms with Crippen LogP contribution in [0.5, 0.6) is 5.75 Å². The highest BCUT2D eigenvalue weighted by molar-refractivity contribution is 5.60. The summed E-state index contributed by atoms with van der Waals surface area (Å²) in [6, 6.07) is 7.44. The number of benzene rings is 1. The fourth-order valence-electron chi connectivity index (χ4n) is 1.88. The van der Waals surface area contributed by atoms with E-state index in [-0.39, 0.29) is 6.04 Å². The number of anilines is 1. The predicted molar refractivity (Wildman–Crippen MR) is 71.1 cm³/mol. The van der Waals surface area contributed by atoms with E-state index in [1.165, 1.54) is 0 Å². The predicted octanol–water partition coefficient (Wildman–Crippen LogP) is 2.13. The van der Waals surface area contributed by atoms with Crippen LogP contribution >= 0.6 is 0 Å². The molecule has 5 nitrogen and oxygen atoms in total. The van der Waals surface area contributed by atoms with Gasteiger partial charge in [-0.15, -0.1) is 0 Å². The van der Waals surface area contributed by atoms with Crippen LogP contribution in [0.15, 0.2) is 18.2 Å². The van der Waals surface area contributed by atoms with Gasteiger partial charge < -0.3 is 19.5 Å². The van der Waals surface area contributed by atoms with Gasteiger partial charge in [0, 0.05) is 6.07 Å². The second kappa shape index (κ2) is 5.47. The first kappa shape index (κ1) is 13.7. The lowest BCUT2D eigenvalue weighted by Gasteiger charge is -2.35. The van der Waals surface area contributed by atoms with Crippen LogP contribution in [0.3, 0.4) is 0 Å². The Bertz CT molecular complexity index is 484. The van der Waals surface area contributed by atoms with Crippen molar-refractivity contribution >= 4 is 5.69 Å². The van der Waals surface area contributed by atoms with E-state index in [0.717, 1.165) is 5.69 Å². The highest BCUT2D eigenvalue weighted by atomic mass is 16.7. The van der Waals surface area contributed by atoms with Crippen LogP contribution in [0.1, 0.15) is 19.4 Å². The summed E-state index contributed by atoms with van der Waals surface area (Å²) in [6.07, 6.45) is 0. The fraction of sp³-hybridized carbons (Fsp3) is 0.500. The molecule has 1 fully saturated rings. The Balaban J connectivity index is 2.06. The molecular weight excluding hydrogens is 244 g/mol. The van der Waals surface area contributed by atoms with Crippen LogP contribution in [0.25, 0.3) is 0 Å². The van der Waals surface area contributed by atoms with Crippen molar-refractivity contribution in [3.63, 3.8) is 0 Å². The average molecular weight is 262 g/mol. The molecule has 1 aliphatic heterocycles. The summed E-state index contributed by atoms with van der Waals surface area (Å²) in [5.41, 5.74) is 1.40. The summed E-state index contributed by atoms with van der Waals surface area (Å²) in [5.74, 6) is 0.122. The first-order valence-corrected chi connectivity index (χ1v) is 6.16. The number of hydrogen-bond donors (Lipinski definition) is 1. The monoisotopic (exact) mass is 262 g/mol. The van der Waals surface area contributed by atoms with Gasteiger partial charge in [0.25, 0.3) is 0 Å². The number of nitriles is 1. The number of hydrogen-bond acceptors (Lipinski definition) is 5. The van der Waals surface area contributed by atoms with Crippen molar-refractivity contribution in [2.75, 3.05) is 25.6 Å². The van der Waals surface area contributed by atoms with E-state index in [0.29, 0.717) is 24.5 Å². The van der Waals surface area contributed by atoms with Gasteiger partial charge in [0.05, 0.1) is 43.7 Å². The first-order chi connectivity index (χ1) is 9.04. The van der Waals surface area contributed by atoms with Gasteiger partial charge in [-0.1, -0.05) is 0 Å². The molecule has 0 aromatic heterocycles. The maximum Gasteiger partial charge on any atom is 0.162 e. The van der Waals surface area contributed by atoms with Crippen molar-refractivity contribution in [1.29, 1.82) is 5.26 Å². The molecule has 19 heavy (non-hydrogen) atoms. The average Bonchev–Trinajstić information content (AvgIpc) is 2.41. The molecule has 1 aromatic carbocycles. The second-order valence-electron chi connectivity index (χ2n) is 4.89. The molecule has 1 aromatic rings. The van der Waals surface area contributed by atoms with Gasteiger partial charge in [0.15, 0.2) is 5.79 Å². The minimum absolute atomic E-state index is 0.0647. The van der Waals surface area contributed by atoms with Gasteiger partial charge in [-0.2, -0.15) is 5.26 Å². The third-order valence-electron chi connectivity index (χ3n) is 2.95. The molecule has 0 bridgehead atoms. The lowest BCUT2D eigenvalue weighted by atomic mass is 10.2. The van der Waals surface area contributed by atoms with Gasteiger partial charge in [-0.25, -0.2) is 0 Å². The topological polar surface area (TPSA) is 63.5 Å². The summed E-state index contributed by atoms with van der Waals surface area (Å²) in [4.78, 5) is 0. The summed E-state index contributed by atoms with van der Waals surface area (Å²) < 4.78 is 16.5. The van der Waals surface area contributed by atoms with E-state index in [4.69, 9.17) is 19.5 Å². The molecule has 0 saturated carbocycles. The molecule has 1 aliphatic rings. The molecule has 0 atom stereocenters. The fourth-order valence-corrected chi connectivity index (χ4v) is 1.88. The van der Waals surface area contributed by atoms with E-state index in [1.54, 1.807) is 19.2 Å². The Morgan fingerprint density at radius 3 is 2.63 bits per heavy atom. The first-order valence-electron chi connectivity index (χ1n) is 6.16. The highest BCUT2D eigenvalue weighted by Gasteiger charge is 2.28. The van der Waals surface area contributed by atoms with Crippen molar-refractivity contribution in [3.8, 4) is 11.8 Å². The van der Waals surface area contributed by atoms with Crippen molar-refractivity contribution < 1.29 is 14.2 Å². The van der Waals surface area contributed by atoms with E-state index < -0.39 is 5.79 Å². The summed E-state index contributed by atoms with van der Waals surface area (Å²) >= 11 is 0. The van der Waals surface area contributed by atoms with Crippen LogP contribution in [0, 0.1) is 11.3 Å². The van der Waals surface area contributed by atoms with E-state index >= 15 is 0 Å². The maximum absolute atomic E-state index is 8.86. The lowest BCUT2D eigenvalue weighted by Crippen LogP contribution is -2.45. The number of ether oxygens (including phenoxy) is 3.